The second-order valence-electron chi connectivity index (χ2n) is 4.37. The lowest BCUT2D eigenvalue weighted by atomic mass is 10.2. The van der Waals surface area contributed by atoms with Crippen molar-refractivity contribution in [3.8, 4) is 0 Å². The van der Waals surface area contributed by atoms with E-state index in [0.29, 0.717) is 26.3 Å². The predicted molar refractivity (Wildman–Crippen MR) is 71.4 cm³/mol. The fraction of sp³-hybridized carbons (Fsp3) is 0.500. The molecule has 0 aromatic carbocycles. The van der Waals surface area contributed by atoms with Gasteiger partial charge in [-0.1, -0.05) is 11.6 Å². The Labute approximate surface area is 121 Å². The van der Waals surface area contributed by atoms with Gasteiger partial charge in [-0.05, 0) is 19.1 Å². The van der Waals surface area contributed by atoms with Crippen molar-refractivity contribution in [2.45, 2.75) is 13.0 Å². The van der Waals surface area contributed by atoms with Crippen molar-refractivity contribution in [3.05, 3.63) is 23.0 Å². The van der Waals surface area contributed by atoms with Gasteiger partial charge >= 0.3 is 0 Å². The van der Waals surface area contributed by atoms with Crippen molar-refractivity contribution in [1.82, 2.24) is 20.4 Å². The molecule has 2 heterocycles. The maximum absolute atomic E-state index is 12.1. The highest BCUT2D eigenvalue weighted by Crippen LogP contribution is 2.04. The van der Waals surface area contributed by atoms with Crippen LogP contribution < -0.4 is 5.32 Å². The number of morpholine rings is 1. The van der Waals surface area contributed by atoms with Gasteiger partial charge in [0.2, 0.25) is 5.91 Å². The summed E-state index contributed by atoms with van der Waals surface area (Å²) in [5.74, 6) is -0.591. The second kappa shape index (κ2) is 6.62. The van der Waals surface area contributed by atoms with Gasteiger partial charge in [0.1, 0.15) is 6.04 Å². The summed E-state index contributed by atoms with van der Waals surface area (Å²) in [4.78, 5) is 25.7. The van der Waals surface area contributed by atoms with Crippen molar-refractivity contribution in [1.29, 1.82) is 0 Å². The number of amides is 2. The van der Waals surface area contributed by atoms with Crippen molar-refractivity contribution >= 4 is 23.4 Å². The first kappa shape index (κ1) is 14.7. The number of ether oxygens (including phenoxy) is 1. The SMILES string of the molecule is CC(NC(=O)c1ccc(Cl)nn1)C(=O)N1CCOCC1. The summed E-state index contributed by atoms with van der Waals surface area (Å²) in [6.07, 6.45) is 0. The summed E-state index contributed by atoms with van der Waals surface area (Å²) < 4.78 is 5.18. The first-order valence-corrected chi connectivity index (χ1v) is 6.62. The molecule has 7 nitrogen and oxygen atoms in total. The highest BCUT2D eigenvalue weighted by Gasteiger charge is 2.24. The van der Waals surface area contributed by atoms with Gasteiger partial charge in [0.05, 0.1) is 13.2 Å². The van der Waals surface area contributed by atoms with Crippen LogP contribution in [0.4, 0.5) is 0 Å². The predicted octanol–water partition coefficient (Wildman–Crippen LogP) is 0.107. The van der Waals surface area contributed by atoms with Gasteiger partial charge < -0.3 is 15.0 Å². The Hall–Kier alpha value is -1.73. The lowest BCUT2D eigenvalue weighted by molar-refractivity contribution is -0.136. The van der Waals surface area contributed by atoms with Gasteiger partial charge in [0, 0.05) is 13.1 Å². The lowest BCUT2D eigenvalue weighted by Crippen LogP contribution is -2.50. The van der Waals surface area contributed by atoms with Gasteiger partial charge in [0.25, 0.3) is 5.91 Å². The van der Waals surface area contributed by atoms with Gasteiger partial charge in [-0.15, -0.1) is 10.2 Å². The highest BCUT2D eigenvalue weighted by atomic mass is 35.5. The average molecular weight is 299 g/mol. The molecule has 1 N–H and O–H groups in total. The molecule has 2 rings (SSSR count). The molecule has 0 bridgehead atoms. The van der Waals surface area contributed by atoms with Crippen LogP contribution in [0, 0.1) is 0 Å². The third-order valence-corrected chi connectivity index (χ3v) is 3.11. The molecular weight excluding hydrogens is 284 g/mol. The minimum Gasteiger partial charge on any atom is -0.378 e. The third-order valence-electron chi connectivity index (χ3n) is 2.91. The molecule has 1 atom stereocenters. The number of hydrogen-bond donors (Lipinski definition) is 1. The molecule has 1 aromatic heterocycles. The van der Waals surface area contributed by atoms with Gasteiger partial charge in [-0.25, -0.2) is 0 Å². The molecule has 20 heavy (non-hydrogen) atoms. The van der Waals surface area contributed by atoms with E-state index in [4.69, 9.17) is 16.3 Å². The molecule has 0 radical (unpaired) electrons. The number of carbonyl (C=O) groups excluding carboxylic acids is 2. The minimum atomic E-state index is -0.627. The molecule has 2 amide bonds. The zero-order chi connectivity index (χ0) is 14.5. The first-order valence-electron chi connectivity index (χ1n) is 6.24. The van der Waals surface area contributed by atoms with E-state index in [1.54, 1.807) is 11.8 Å². The minimum absolute atomic E-state index is 0.121. The smallest absolute Gasteiger partial charge is 0.272 e. The molecule has 108 valence electrons. The van der Waals surface area contributed by atoms with Crippen LogP contribution >= 0.6 is 11.6 Å². The molecule has 1 saturated heterocycles. The molecular formula is C12H15ClN4O3. The highest BCUT2D eigenvalue weighted by molar-refractivity contribution is 6.29. The Morgan fingerprint density at radius 1 is 1.35 bits per heavy atom. The molecule has 0 aliphatic carbocycles. The molecule has 8 heteroatoms. The van der Waals surface area contributed by atoms with E-state index < -0.39 is 11.9 Å². The Morgan fingerprint density at radius 3 is 2.65 bits per heavy atom. The normalized spacial score (nSPS) is 16.6. The van der Waals surface area contributed by atoms with Crippen LogP contribution in [0.2, 0.25) is 5.15 Å². The Balaban J connectivity index is 1.92. The Bertz CT molecular complexity index is 488. The Morgan fingerprint density at radius 2 is 2.05 bits per heavy atom. The topological polar surface area (TPSA) is 84.4 Å². The van der Waals surface area contributed by atoms with E-state index in [9.17, 15) is 9.59 Å². The maximum atomic E-state index is 12.1. The van der Waals surface area contributed by atoms with E-state index in [2.05, 4.69) is 15.5 Å². The van der Waals surface area contributed by atoms with Gasteiger partial charge in [-0.2, -0.15) is 0 Å². The van der Waals surface area contributed by atoms with E-state index in [0.717, 1.165) is 0 Å². The summed E-state index contributed by atoms with van der Waals surface area (Å²) in [6.45, 7) is 3.77. The number of halogens is 1. The largest absolute Gasteiger partial charge is 0.378 e. The van der Waals surface area contributed by atoms with E-state index in [-0.39, 0.29) is 16.8 Å². The van der Waals surface area contributed by atoms with Crippen LogP contribution in [0.25, 0.3) is 0 Å². The quantitative estimate of drug-likeness (QED) is 0.856. The number of carbonyl (C=O) groups is 2. The number of aromatic nitrogens is 2. The number of nitrogens with one attached hydrogen (secondary N) is 1. The van der Waals surface area contributed by atoms with Crippen LogP contribution in [0.1, 0.15) is 17.4 Å². The third kappa shape index (κ3) is 3.64. The van der Waals surface area contributed by atoms with Gasteiger partial charge in [0.15, 0.2) is 10.8 Å². The van der Waals surface area contributed by atoms with E-state index in [1.165, 1.54) is 12.1 Å². The van der Waals surface area contributed by atoms with Crippen molar-refractivity contribution < 1.29 is 14.3 Å². The lowest BCUT2D eigenvalue weighted by Gasteiger charge is -2.29. The molecule has 1 fully saturated rings. The van der Waals surface area contributed by atoms with Crippen LogP contribution in [0.5, 0.6) is 0 Å². The summed E-state index contributed by atoms with van der Waals surface area (Å²) >= 11 is 5.60. The van der Waals surface area contributed by atoms with Crippen molar-refractivity contribution in [3.63, 3.8) is 0 Å². The molecule has 0 saturated carbocycles. The molecule has 1 aliphatic heterocycles. The van der Waals surface area contributed by atoms with E-state index in [1.807, 2.05) is 0 Å². The second-order valence-corrected chi connectivity index (χ2v) is 4.76. The van der Waals surface area contributed by atoms with Crippen LogP contribution in [-0.4, -0.2) is 59.3 Å². The first-order chi connectivity index (χ1) is 9.58. The van der Waals surface area contributed by atoms with Crippen molar-refractivity contribution in [2.24, 2.45) is 0 Å². The number of nitrogens with zero attached hydrogens (tertiary/aromatic N) is 3. The van der Waals surface area contributed by atoms with Crippen LogP contribution in [0.3, 0.4) is 0 Å². The van der Waals surface area contributed by atoms with Gasteiger partial charge in [-0.3, -0.25) is 9.59 Å². The van der Waals surface area contributed by atoms with Crippen LogP contribution in [-0.2, 0) is 9.53 Å². The van der Waals surface area contributed by atoms with E-state index >= 15 is 0 Å². The summed E-state index contributed by atoms with van der Waals surface area (Å²) in [5.41, 5.74) is 0.121. The summed E-state index contributed by atoms with van der Waals surface area (Å²) in [6, 6.07) is 2.30. The Kier molecular flexibility index (Phi) is 4.86. The maximum Gasteiger partial charge on any atom is 0.272 e. The summed E-state index contributed by atoms with van der Waals surface area (Å²) in [7, 11) is 0. The standard InChI is InChI=1S/C12H15ClN4O3/c1-8(12(19)17-4-6-20-7-5-17)14-11(18)9-2-3-10(13)16-15-9/h2-3,8H,4-7H2,1H3,(H,14,18). The van der Waals surface area contributed by atoms with Crippen molar-refractivity contribution in [2.75, 3.05) is 26.3 Å². The zero-order valence-electron chi connectivity index (χ0n) is 11.0. The fourth-order valence-corrected chi connectivity index (χ4v) is 1.93. The number of rotatable bonds is 3. The molecule has 1 unspecified atom stereocenters. The average Bonchev–Trinajstić information content (AvgIpc) is 2.48. The fourth-order valence-electron chi connectivity index (χ4n) is 1.83. The van der Waals surface area contributed by atoms with Crippen LogP contribution in [0.15, 0.2) is 12.1 Å². The number of hydrogen-bond acceptors (Lipinski definition) is 5. The zero-order valence-corrected chi connectivity index (χ0v) is 11.8. The monoisotopic (exact) mass is 298 g/mol. The molecule has 1 aromatic rings. The molecule has 1 aliphatic rings. The summed E-state index contributed by atoms with van der Waals surface area (Å²) in [5, 5.41) is 10.1. The molecule has 0 spiro atoms.